The number of carbonyl (C=O) groups excluding carboxylic acids is 1. The lowest BCUT2D eigenvalue weighted by atomic mass is 9.81. The zero-order valence-electron chi connectivity index (χ0n) is 22.8. The maximum Gasteiger partial charge on any atom is 0.417 e. The molecule has 1 amide bonds. The molecule has 40 heavy (non-hydrogen) atoms. The Balaban J connectivity index is 1.78. The number of benzene rings is 1. The summed E-state index contributed by atoms with van der Waals surface area (Å²) in [7, 11) is -4.53. The summed E-state index contributed by atoms with van der Waals surface area (Å²) in [5.41, 5.74) is -1.52. The number of ether oxygens (including phenoxy) is 1. The summed E-state index contributed by atoms with van der Waals surface area (Å²) in [5, 5.41) is 2.93. The van der Waals surface area contributed by atoms with Crippen LogP contribution in [-0.4, -0.2) is 49.6 Å². The number of halogens is 5. The molecule has 2 aliphatic rings. The summed E-state index contributed by atoms with van der Waals surface area (Å²) < 4.78 is 105. The molecule has 7 nitrogen and oxygen atoms in total. The normalized spacial score (nSPS) is 18.9. The second-order valence-electron chi connectivity index (χ2n) is 11.7. The fraction of sp³-hybridized carbons (Fsp3) is 0.593. The van der Waals surface area contributed by atoms with Crippen molar-refractivity contribution in [2.45, 2.75) is 88.5 Å². The monoisotopic (exact) mass is 591 g/mol. The van der Waals surface area contributed by atoms with Gasteiger partial charge in [0.2, 0.25) is 15.9 Å². The molecule has 0 spiro atoms. The van der Waals surface area contributed by atoms with Crippen molar-refractivity contribution in [1.82, 2.24) is 14.6 Å². The summed E-state index contributed by atoms with van der Waals surface area (Å²) in [4.78, 5) is 12.3. The fourth-order valence-electron chi connectivity index (χ4n) is 5.23. The van der Waals surface area contributed by atoms with Gasteiger partial charge in [0.1, 0.15) is 0 Å². The van der Waals surface area contributed by atoms with Gasteiger partial charge in [0.25, 0.3) is 5.91 Å². The van der Waals surface area contributed by atoms with Crippen LogP contribution in [0.15, 0.2) is 29.2 Å². The smallest absolute Gasteiger partial charge is 0.381 e. The zero-order chi connectivity index (χ0) is 29.7. The van der Waals surface area contributed by atoms with Crippen LogP contribution in [0.4, 0.5) is 22.0 Å². The fourth-order valence-corrected chi connectivity index (χ4v) is 6.86. The molecule has 1 aromatic heterocycles. The van der Waals surface area contributed by atoms with Gasteiger partial charge in [0.15, 0.2) is 0 Å². The number of nitrogens with one attached hydrogen (secondary N) is 2. The number of alkyl halides is 5. The first kappa shape index (κ1) is 30.4. The molecular weight excluding hydrogens is 557 g/mol. The van der Waals surface area contributed by atoms with Crippen molar-refractivity contribution >= 4 is 15.9 Å². The number of hydrogen-bond donors (Lipinski definition) is 2. The average molecular weight is 592 g/mol. The Morgan fingerprint density at radius 2 is 1.73 bits per heavy atom. The summed E-state index contributed by atoms with van der Waals surface area (Å²) in [6, 6.07) is 4.18. The van der Waals surface area contributed by atoms with Crippen molar-refractivity contribution in [1.29, 1.82) is 0 Å². The van der Waals surface area contributed by atoms with Crippen LogP contribution in [0.2, 0.25) is 0 Å². The highest BCUT2D eigenvalue weighted by atomic mass is 32.2. The number of carbonyl (C=O) groups is 1. The van der Waals surface area contributed by atoms with Crippen LogP contribution < -0.4 is 10.0 Å². The summed E-state index contributed by atoms with van der Waals surface area (Å²) in [6.07, 6.45) is -4.51. The van der Waals surface area contributed by atoms with Crippen molar-refractivity contribution < 1.29 is 39.9 Å². The van der Waals surface area contributed by atoms with E-state index in [1.165, 1.54) is 32.9 Å². The number of amides is 1. The molecule has 1 aliphatic heterocycles. The molecule has 222 valence electrons. The minimum atomic E-state index is -5.01. The lowest BCUT2D eigenvalue weighted by molar-refractivity contribution is -0.139. The van der Waals surface area contributed by atoms with E-state index >= 15 is 0 Å². The predicted molar refractivity (Wildman–Crippen MR) is 139 cm³/mol. The SMILES string of the molecule is Cc1c(C(=O)NC2CCOCC2)cc(-c2ccc(S(=O)(=O)NC(C)(C)C)c(C(F)(F)F)c2)n1CC1CC(F)(F)C1. The van der Waals surface area contributed by atoms with Gasteiger partial charge in [-0.2, -0.15) is 13.2 Å². The molecule has 1 saturated heterocycles. The van der Waals surface area contributed by atoms with Crippen LogP contribution in [0.5, 0.6) is 0 Å². The molecule has 1 saturated carbocycles. The topological polar surface area (TPSA) is 89.4 Å². The van der Waals surface area contributed by atoms with E-state index < -0.39 is 49.9 Å². The molecule has 0 unspecified atom stereocenters. The molecule has 4 rings (SSSR count). The van der Waals surface area contributed by atoms with Crippen LogP contribution in [-0.2, 0) is 27.5 Å². The van der Waals surface area contributed by atoms with E-state index in [9.17, 15) is 35.2 Å². The van der Waals surface area contributed by atoms with Crippen LogP contribution in [0.1, 0.15) is 68.1 Å². The number of sulfonamides is 1. The Morgan fingerprint density at radius 1 is 1.10 bits per heavy atom. The lowest BCUT2D eigenvalue weighted by Crippen LogP contribution is -2.41. The maximum atomic E-state index is 14.2. The van der Waals surface area contributed by atoms with Gasteiger partial charge in [-0.05, 0) is 70.2 Å². The first-order valence-electron chi connectivity index (χ1n) is 13.1. The first-order valence-corrected chi connectivity index (χ1v) is 14.6. The molecule has 2 fully saturated rings. The zero-order valence-corrected chi connectivity index (χ0v) is 23.6. The highest BCUT2D eigenvalue weighted by Gasteiger charge is 2.45. The van der Waals surface area contributed by atoms with Gasteiger partial charge in [-0.3, -0.25) is 4.79 Å². The second kappa shape index (κ2) is 10.7. The molecule has 1 aromatic carbocycles. The Hall–Kier alpha value is -2.51. The van der Waals surface area contributed by atoms with Crippen molar-refractivity contribution in [2.24, 2.45) is 5.92 Å². The second-order valence-corrected chi connectivity index (χ2v) is 13.3. The van der Waals surface area contributed by atoms with Crippen molar-refractivity contribution in [3.63, 3.8) is 0 Å². The van der Waals surface area contributed by atoms with E-state index in [2.05, 4.69) is 10.0 Å². The number of rotatable bonds is 7. The minimum absolute atomic E-state index is 0.0151. The molecule has 0 radical (unpaired) electrons. The van der Waals surface area contributed by atoms with Crippen molar-refractivity contribution in [3.05, 3.63) is 41.1 Å². The number of aromatic nitrogens is 1. The molecule has 0 bridgehead atoms. The average Bonchev–Trinajstić information content (AvgIpc) is 3.12. The minimum Gasteiger partial charge on any atom is -0.381 e. The van der Waals surface area contributed by atoms with Crippen molar-refractivity contribution in [3.8, 4) is 11.3 Å². The highest BCUT2D eigenvalue weighted by Crippen LogP contribution is 2.44. The Bertz CT molecular complexity index is 1370. The molecule has 2 aromatic rings. The standard InChI is InChI=1S/C27H34F5N3O4S/c1-16-20(24(36)33-19-7-9-39-10-8-19)12-22(35(16)15-17-13-26(28,29)14-17)18-5-6-23(21(11-18)27(30,31)32)40(37,38)34-25(2,3)4/h5-6,11-12,17,19,34H,7-10,13-15H2,1-4H3,(H,33,36). The summed E-state index contributed by atoms with van der Waals surface area (Å²) in [5.74, 6) is -3.65. The van der Waals surface area contributed by atoms with Gasteiger partial charge in [0, 0.05) is 55.6 Å². The summed E-state index contributed by atoms with van der Waals surface area (Å²) in [6.45, 7) is 7.22. The van der Waals surface area contributed by atoms with Crippen LogP contribution in [0, 0.1) is 12.8 Å². The van der Waals surface area contributed by atoms with Crippen LogP contribution in [0.25, 0.3) is 11.3 Å². The van der Waals surface area contributed by atoms with Gasteiger partial charge >= 0.3 is 6.18 Å². The van der Waals surface area contributed by atoms with Crippen molar-refractivity contribution in [2.75, 3.05) is 13.2 Å². The van der Waals surface area contributed by atoms with E-state index in [4.69, 9.17) is 4.74 Å². The molecule has 2 N–H and O–H groups in total. The lowest BCUT2D eigenvalue weighted by Gasteiger charge is -2.36. The van der Waals surface area contributed by atoms with Gasteiger partial charge in [-0.15, -0.1) is 0 Å². The Labute approximate surface area is 230 Å². The largest absolute Gasteiger partial charge is 0.417 e. The Kier molecular flexibility index (Phi) is 8.16. The van der Waals surface area contributed by atoms with Crippen LogP contribution in [0.3, 0.4) is 0 Å². The molecular formula is C27H34F5N3O4S. The van der Waals surface area contributed by atoms with E-state index in [1.807, 2.05) is 0 Å². The molecule has 13 heteroatoms. The number of hydrogen-bond acceptors (Lipinski definition) is 4. The molecule has 1 aliphatic carbocycles. The first-order chi connectivity index (χ1) is 18.4. The van der Waals surface area contributed by atoms with Gasteiger partial charge in [0.05, 0.1) is 16.0 Å². The summed E-state index contributed by atoms with van der Waals surface area (Å²) >= 11 is 0. The molecule has 2 heterocycles. The quantitative estimate of drug-likeness (QED) is 0.416. The Morgan fingerprint density at radius 3 is 2.27 bits per heavy atom. The third-order valence-electron chi connectivity index (χ3n) is 7.09. The van der Waals surface area contributed by atoms with E-state index in [0.29, 0.717) is 31.7 Å². The van der Waals surface area contributed by atoms with Gasteiger partial charge in [-0.25, -0.2) is 21.9 Å². The van der Waals surface area contributed by atoms with Gasteiger partial charge in [-0.1, -0.05) is 6.07 Å². The third-order valence-corrected chi connectivity index (χ3v) is 8.91. The van der Waals surface area contributed by atoms with E-state index in [1.54, 1.807) is 11.5 Å². The van der Waals surface area contributed by atoms with E-state index in [0.717, 1.165) is 12.1 Å². The molecule has 0 atom stereocenters. The number of nitrogens with zero attached hydrogens (tertiary/aromatic N) is 1. The maximum absolute atomic E-state index is 14.2. The third kappa shape index (κ3) is 6.85. The van der Waals surface area contributed by atoms with Gasteiger partial charge < -0.3 is 14.6 Å². The highest BCUT2D eigenvalue weighted by molar-refractivity contribution is 7.89. The van der Waals surface area contributed by atoms with Crippen LogP contribution >= 0.6 is 0 Å². The predicted octanol–water partition coefficient (Wildman–Crippen LogP) is 5.51. The van der Waals surface area contributed by atoms with E-state index in [-0.39, 0.29) is 42.2 Å².